The number of para-hydroxylation sites is 2. The zero-order valence-electron chi connectivity index (χ0n) is 12.9. The summed E-state index contributed by atoms with van der Waals surface area (Å²) >= 11 is 5.13. The van der Waals surface area contributed by atoms with E-state index in [0.717, 1.165) is 3.79 Å². The highest BCUT2D eigenvalue weighted by molar-refractivity contribution is 9.11. The largest absolute Gasteiger partial charge is 0.495 e. The first-order valence-electron chi connectivity index (χ1n) is 7.12. The van der Waals surface area contributed by atoms with Crippen LogP contribution in [-0.2, 0) is 11.3 Å². The zero-order chi connectivity index (χ0) is 16.7. The molecule has 0 bridgehead atoms. The highest BCUT2D eigenvalue weighted by Crippen LogP contribution is 2.24. The maximum Gasteiger partial charge on any atom is 0.238 e. The average Bonchev–Trinajstić information content (AvgIpc) is 2.93. The summed E-state index contributed by atoms with van der Waals surface area (Å²) in [6.45, 7) is 5.42. The molecule has 0 aliphatic carbocycles. The first-order valence-corrected chi connectivity index (χ1v) is 8.73. The molecule has 23 heavy (non-hydrogen) atoms. The predicted molar refractivity (Wildman–Crippen MR) is 99.1 cm³/mol. The smallest absolute Gasteiger partial charge is 0.238 e. The Morgan fingerprint density at radius 3 is 2.83 bits per heavy atom. The van der Waals surface area contributed by atoms with E-state index in [1.807, 2.05) is 35.2 Å². The van der Waals surface area contributed by atoms with Gasteiger partial charge < -0.3 is 10.1 Å². The zero-order valence-corrected chi connectivity index (χ0v) is 15.3. The van der Waals surface area contributed by atoms with Gasteiger partial charge in [-0.1, -0.05) is 18.2 Å². The SMILES string of the molecule is C=CCN(CC(=O)Nc1ccccc1OC)Cc1ccc(Br)s1. The molecule has 1 aromatic heterocycles. The molecule has 0 aliphatic heterocycles. The number of benzene rings is 1. The van der Waals surface area contributed by atoms with Crippen LogP contribution < -0.4 is 10.1 Å². The summed E-state index contributed by atoms with van der Waals surface area (Å²) in [6.07, 6.45) is 1.80. The van der Waals surface area contributed by atoms with E-state index in [0.29, 0.717) is 31.1 Å². The van der Waals surface area contributed by atoms with E-state index in [4.69, 9.17) is 4.74 Å². The van der Waals surface area contributed by atoms with Crippen LogP contribution in [0, 0.1) is 0 Å². The van der Waals surface area contributed by atoms with E-state index in [9.17, 15) is 4.79 Å². The third-order valence-electron chi connectivity index (χ3n) is 3.14. The second-order valence-corrected chi connectivity index (χ2v) is 7.46. The fraction of sp³-hybridized carbons (Fsp3) is 0.235. The summed E-state index contributed by atoms with van der Waals surface area (Å²) in [7, 11) is 1.59. The fourth-order valence-corrected chi connectivity index (χ4v) is 3.69. The minimum absolute atomic E-state index is 0.0769. The van der Waals surface area contributed by atoms with Crippen LogP contribution in [0.1, 0.15) is 4.88 Å². The first kappa shape index (κ1) is 17.7. The van der Waals surface area contributed by atoms with Crippen LogP contribution in [0.3, 0.4) is 0 Å². The van der Waals surface area contributed by atoms with Crippen molar-refractivity contribution >= 4 is 38.9 Å². The number of nitrogens with zero attached hydrogens (tertiary/aromatic N) is 1. The number of nitrogens with one attached hydrogen (secondary N) is 1. The van der Waals surface area contributed by atoms with Gasteiger partial charge in [0.1, 0.15) is 5.75 Å². The second-order valence-electron chi connectivity index (χ2n) is 4.91. The van der Waals surface area contributed by atoms with Crippen molar-refractivity contribution in [3.05, 3.63) is 57.7 Å². The van der Waals surface area contributed by atoms with Crippen molar-refractivity contribution in [3.63, 3.8) is 0 Å². The first-order chi connectivity index (χ1) is 11.1. The Kier molecular flexibility index (Phi) is 6.83. The van der Waals surface area contributed by atoms with Gasteiger partial charge in [0.05, 0.1) is 23.1 Å². The molecule has 4 nitrogen and oxygen atoms in total. The number of amides is 1. The number of anilines is 1. The van der Waals surface area contributed by atoms with Crippen LogP contribution in [0.5, 0.6) is 5.75 Å². The average molecular weight is 395 g/mol. The number of halogens is 1. The number of hydrogen-bond acceptors (Lipinski definition) is 4. The molecular weight excluding hydrogens is 376 g/mol. The normalized spacial score (nSPS) is 10.6. The Morgan fingerprint density at radius 2 is 2.17 bits per heavy atom. The van der Waals surface area contributed by atoms with Crippen molar-refractivity contribution in [2.75, 3.05) is 25.5 Å². The highest BCUT2D eigenvalue weighted by Gasteiger charge is 2.13. The van der Waals surface area contributed by atoms with E-state index >= 15 is 0 Å². The van der Waals surface area contributed by atoms with Gasteiger partial charge in [-0.25, -0.2) is 0 Å². The number of carbonyl (C=O) groups is 1. The molecule has 2 rings (SSSR count). The Hall–Kier alpha value is -1.63. The van der Waals surface area contributed by atoms with Crippen molar-refractivity contribution in [2.45, 2.75) is 6.54 Å². The highest BCUT2D eigenvalue weighted by atomic mass is 79.9. The quantitative estimate of drug-likeness (QED) is 0.683. The molecule has 0 saturated carbocycles. The van der Waals surface area contributed by atoms with Crippen molar-refractivity contribution in [3.8, 4) is 5.75 Å². The third kappa shape index (κ3) is 5.49. The maximum absolute atomic E-state index is 12.3. The molecule has 1 aromatic carbocycles. The molecule has 0 spiro atoms. The molecule has 0 saturated heterocycles. The van der Waals surface area contributed by atoms with Crippen LogP contribution in [0.4, 0.5) is 5.69 Å². The van der Waals surface area contributed by atoms with Crippen molar-refractivity contribution in [1.29, 1.82) is 0 Å². The van der Waals surface area contributed by atoms with Gasteiger partial charge in [0, 0.05) is 18.0 Å². The minimum Gasteiger partial charge on any atom is -0.495 e. The fourth-order valence-electron chi connectivity index (χ4n) is 2.17. The molecular formula is C17H19BrN2O2S. The van der Waals surface area contributed by atoms with Crippen LogP contribution in [-0.4, -0.2) is 31.0 Å². The number of carbonyl (C=O) groups excluding carboxylic acids is 1. The number of rotatable bonds is 8. The van der Waals surface area contributed by atoms with Crippen molar-refractivity contribution in [1.82, 2.24) is 4.90 Å². The lowest BCUT2D eigenvalue weighted by molar-refractivity contribution is -0.117. The monoisotopic (exact) mass is 394 g/mol. The standard InChI is InChI=1S/C17H19BrN2O2S/c1-3-10-20(11-13-8-9-16(18)23-13)12-17(21)19-14-6-4-5-7-15(14)22-2/h3-9H,1,10-12H2,2H3,(H,19,21). The van der Waals surface area contributed by atoms with Gasteiger partial charge in [0.25, 0.3) is 0 Å². The van der Waals surface area contributed by atoms with Gasteiger partial charge in [-0.2, -0.15) is 0 Å². The molecule has 1 N–H and O–H groups in total. The van der Waals surface area contributed by atoms with E-state index in [-0.39, 0.29) is 5.91 Å². The van der Waals surface area contributed by atoms with Crippen LogP contribution in [0.15, 0.2) is 52.8 Å². The van der Waals surface area contributed by atoms with Crippen LogP contribution in [0.25, 0.3) is 0 Å². The van der Waals surface area contributed by atoms with E-state index in [1.165, 1.54) is 4.88 Å². The molecule has 0 atom stereocenters. The van der Waals surface area contributed by atoms with Gasteiger partial charge in [-0.05, 0) is 40.2 Å². The van der Waals surface area contributed by atoms with Crippen molar-refractivity contribution < 1.29 is 9.53 Å². The van der Waals surface area contributed by atoms with E-state index < -0.39 is 0 Å². The molecule has 0 aliphatic rings. The molecule has 2 aromatic rings. The van der Waals surface area contributed by atoms with Gasteiger partial charge in [-0.3, -0.25) is 9.69 Å². The summed E-state index contributed by atoms with van der Waals surface area (Å²) in [4.78, 5) is 15.5. The summed E-state index contributed by atoms with van der Waals surface area (Å²) in [6, 6.07) is 11.4. The Morgan fingerprint density at radius 1 is 1.39 bits per heavy atom. The Balaban J connectivity index is 1.98. The molecule has 1 amide bonds. The third-order valence-corrected chi connectivity index (χ3v) is 4.75. The Bertz CT molecular complexity index is 672. The lowest BCUT2D eigenvalue weighted by Crippen LogP contribution is -2.32. The van der Waals surface area contributed by atoms with Crippen molar-refractivity contribution in [2.24, 2.45) is 0 Å². The minimum atomic E-state index is -0.0769. The Labute approximate surface area is 148 Å². The molecule has 1 heterocycles. The summed E-state index contributed by atoms with van der Waals surface area (Å²) in [5.74, 6) is 0.574. The van der Waals surface area contributed by atoms with Crippen LogP contribution >= 0.6 is 27.3 Å². The van der Waals surface area contributed by atoms with Crippen LogP contribution in [0.2, 0.25) is 0 Å². The summed E-state index contributed by atoms with van der Waals surface area (Å²) in [5.41, 5.74) is 0.678. The lowest BCUT2D eigenvalue weighted by atomic mass is 10.3. The predicted octanol–water partition coefficient (Wildman–Crippen LogP) is 4.15. The molecule has 0 fully saturated rings. The van der Waals surface area contributed by atoms with Gasteiger partial charge >= 0.3 is 0 Å². The van der Waals surface area contributed by atoms with Gasteiger partial charge in [0.2, 0.25) is 5.91 Å². The molecule has 122 valence electrons. The second kappa shape index (κ2) is 8.86. The topological polar surface area (TPSA) is 41.6 Å². The van der Waals surface area contributed by atoms with Gasteiger partial charge in [0.15, 0.2) is 0 Å². The van der Waals surface area contributed by atoms with Gasteiger partial charge in [-0.15, -0.1) is 17.9 Å². The number of thiophene rings is 1. The molecule has 6 heteroatoms. The van der Waals surface area contributed by atoms with E-state index in [2.05, 4.69) is 33.9 Å². The molecule has 0 radical (unpaired) electrons. The number of ether oxygens (including phenoxy) is 1. The molecule has 0 unspecified atom stereocenters. The number of hydrogen-bond donors (Lipinski definition) is 1. The summed E-state index contributed by atoms with van der Waals surface area (Å²) in [5, 5.41) is 2.90. The maximum atomic E-state index is 12.3. The lowest BCUT2D eigenvalue weighted by Gasteiger charge is -2.19. The summed E-state index contributed by atoms with van der Waals surface area (Å²) < 4.78 is 6.34. The number of methoxy groups -OCH3 is 1. The van der Waals surface area contributed by atoms with E-state index in [1.54, 1.807) is 24.5 Å².